The molecule has 2 atom stereocenters. The average Bonchev–Trinajstić information content (AvgIpc) is 2.78. The van der Waals surface area contributed by atoms with Gasteiger partial charge in [0.05, 0.1) is 0 Å². The number of benzene rings is 2. The van der Waals surface area contributed by atoms with Crippen molar-refractivity contribution in [2.75, 3.05) is 13.1 Å². The first kappa shape index (κ1) is 22.1. The van der Waals surface area contributed by atoms with E-state index in [-0.39, 0.29) is 17.7 Å². The maximum absolute atomic E-state index is 13.3. The molecule has 1 fully saturated rings. The Hall–Kier alpha value is -2.62. The Morgan fingerprint density at radius 2 is 1.67 bits per heavy atom. The zero-order valence-electron chi connectivity index (χ0n) is 18.4. The third-order valence-electron chi connectivity index (χ3n) is 6.45. The molecule has 2 amide bonds. The fourth-order valence-corrected chi connectivity index (χ4v) is 4.23. The number of amides is 2. The standard InChI is InChI=1S/C26H34N2O2/c1-4-19(2)24(27-25(29)23-13-9-8-10-20(23)3)26(30)28-16-14-22(15-17-28)18-21-11-6-5-7-12-21/h5-13,19,22,24H,4,14-18H2,1-3H3,(H,27,29). The first-order valence-corrected chi connectivity index (χ1v) is 11.2. The van der Waals surface area contributed by atoms with Gasteiger partial charge in [0.2, 0.25) is 5.91 Å². The van der Waals surface area contributed by atoms with Crippen LogP contribution < -0.4 is 5.32 Å². The molecule has 30 heavy (non-hydrogen) atoms. The lowest BCUT2D eigenvalue weighted by atomic mass is 9.89. The summed E-state index contributed by atoms with van der Waals surface area (Å²) in [5, 5.41) is 3.04. The van der Waals surface area contributed by atoms with Crippen molar-refractivity contribution in [1.82, 2.24) is 10.2 Å². The summed E-state index contributed by atoms with van der Waals surface area (Å²) in [5.41, 5.74) is 2.93. The SMILES string of the molecule is CCC(C)C(NC(=O)c1ccccc1C)C(=O)N1CCC(Cc2ccccc2)CC1. The first-order valence-electron chi connectivity index (χ1n) is 11.2. The number of rotatable bonds is 7. The van der Waals surface area contributed by atoms with Crippen molar-refractivity contribution in [1.29, 1.82) is 0 Å². The van der Waals surface area contributed by atoms with E-state index in [9.17, 15) is 9.59 Å². The normalized spacial score (nSPS) is 16.7. The molecule has 1 aliphatic rings. The number of hydrogen-bond donors (Lipinski definition) is 1. The fraction of sp³-hybridized carbons (Fsp3) is 0.462. The van der Waals surface area contributed by atoms with Crippen LogP contribution >= 0.6 is 0 Å². The maximum atomic E-state index is 13.3. The molecule has 2 aromatic rings. The second-order valence-corrected chi connectivity index (χ2v) is 8.61. The number of carbonyl (C=O) groups is 2. The molecule has 0 bridgehead atoms. The highest BCUT2D eigenvalue weighted by molar-refractivity contribution is 5.98. The second-order valence-electron chi connectivity index (χ2n) is 8.61. The Balaban J connectivity index is 1.62. The van der Waals surface area contributed by atoms with E-state index in [4.69, 9.17) is 0 Å². The van der Waals surface area contributed by atoms with Crippen LogP contribution in [-0.4, -0.2) is 35.8 Å². The lowest BCUT2D eigenvalue weighted by Crippen LogP contribution is -2.53. The van der Waals surface area contributed by atoms with Gasteiger partial charge in [0.15, 0.2) is 0 Å². The average molecular weight is 407 g/mol. The summed E-state index contributed by atoms with van der Waals surface area (Å²) in [7, 11) is 0. The topological polar surface area (TPSA) is 49.4 Å². The lowest BCUT2D eigenvalue weighted by molar-refractivity contribution is -0.135. The van der Waals surface area contributed by atoms with Gasteiger partial charge in [-0.25, -0.2) is 0 Å². The van der Waals surface area contributed by atoms with Crippen LogP contribution in [0.4, 0.5) is 0 Å². The largest absolute Gasteiger partial charge is 0.341 e. The number of nitrogens with one attached hydrogen (secondary N) is 1. The van der Waals surface area contributed by atoms with Gasteiger partial charge in [-0.05, 0) is 55.2 Å². The molecule has 1 aliphatic heterocycles. The van der Waals surface area contributed by atoms with E-state index in [0.717, 1.165) is 44.3 Å². The number of piperidine rings is 1. The molecular weight excluding hydrogens is 372 g/mol. The summed E-state index contributed by atoms with van der Waals surface area (Å²) in [6.07, 6.45) is 3.94. The van der Waals surface area contributed by atoms with E-state index in [1.54, 1.807) is 0 Å². The Bertz CT molecular complexity index is 841. The van der Waals surface area contributed by atoms with Gasteiger partial charge in [-0.1, -0.05) is 68.8 Å². The van der Waals surface area contributed by atoms with E-state index in [1.165, 1.54) is 5.56 Å². The summed E-state index contributed by atoms with van der Waals surface area (Å²) in [4.78, 5) is 28.1. The second kappa shape index (κ2) is 10.4. The molecule has 1 N–H and O–H groups in total. The monoisotopic (exact) mass is 406 g/mol. The van der Waals surface area contributed by atoms with Gasteiger partial charge in [-0.3, -0.25) is 9.59 Å². The Morgan fingerprint density at radius 3 is 2.30 bits per heavy atom. The Morgan fingerprint density at radius 1 is 1.03 bits per heavy atom. The molecule has 2 aromatic carbocycles. The van der Waals surface area contributed by atoms with Crippen molar-refractivity contribution >= 4 is 11.8 Å². The summed E-state index contributed by atoms with van der Waals surface area (Å²) in [5.74, 6) is 0.600. The van der Waals surface area contributed by atoms with Crippen LogP contribution in [0.15, 0.2) is 54.6 Å². The maximum Gasteiger partial charge on any atom is 0.252 e. The predicted molar refractivity (Wildman–Crippen MR) is 121 cm³/mol. The quantitative estimate of drug-likeness (QED) is 0.729. The zero-order valence-corrected chi connectivity index (χ0v) is 18.4. The third-order valence-corrected chi connectivity index (χ3v) is 6.45. The Kier molecular flexibility index (Phi) is 7.67. The first-order chi connectivity index (χ1) is 14.5. The van der Waals surface area contributed by atoms with Crippen LogP contribution in [0.2, 0.25) is 0 Å². The number of nitrogens with zero attached hydrogens (tertiary/aromatic N) is 1. The molecule has 0 saturated carbocycles. The van der Waals surface area contributed by atoms with E-state index >= 15 is 0 Å². The van der Waals surface area contributed by atoms with Crippen LogP contribution in [0, 0.1) is 18.8 Å². The number of hydrogen-bond acceptors (Lipinski definition) is 2. The molecule has 160 valence electrons. The van der Waals surface area contributed by atoms with Crippen molar-refractivity contribution in [3.8, 4) is 0 Å². The zero-order chi connectivity index (χ0) is 21.5. The number of carbonyl (C=O) groups excluding carboxylic acids is 2. The molecule has 4 nitrogen and oxygen atoms in total. The highest BCUT2D eigenvalue weighted by atomic mass is 16.2. The van der Waals surface area contributed by atoms with E-state index < -0.39 is 6.04 Å². The van der Waals surface area contributed by atoms with Crippen LogP contribution in [-0.2, 0) is 11.2 Å². The molecule has 0 aromatic heterocycles. The molecule has 0 spiro atoms. The molecule has 4 heteroatoms. The molecule has 2 unspecified atom stereocenters. The van der Waals surface area contributed by atoms with Gasteiger partial charge in [-0.15, -0.1) is 0 Å². The third kappa shape index (κ3) is 5.50. The van der Waals surface area contributed by atoms with Crippen molar-refractivity contribution in [2.45, 2.75) is 52.5 Å². The van der Waals surface area contributed by atoms with Crippen LogP contribution in [0.25, 0.3) is 0 Å². The molecule has 1 saturated heterocycles. The number of aryl methyl sites for hydroxylation is 1. The summed E-state index contributed by atoms with van der Waals surface area (Å²) in [6, 6.07) is 17.6. The van der Waals surface area contributed by atoms with Crippen LogP contribution in [0.3, 0.4) is 0 Å². The van der Waals surface area contributed by atoms with Gasteiger partial charge in [0, 0.05) is 18.7 Å². The highest BCUT2D eigenvalue weighted by Gasteiger charge is 2.32. The van der Waals surface area contributed by atoms with E-state index in [1.807, 2.05) is 49.1 Å². The van der Waals surface area contributed by atoms with Gasteiger partial charge in [0.25, 0.3) is 5.91 Å². The summed E-state index contributed by atoms with van der Waals surface area (Å²) < 4.78 is 0. The van der Waals surface area contributed by atoms with Gasteiger partial charge in [-0.2, -0.15) is 0 Å². The van der Waals surface area contributed by atoms with Crippen molar-refractivity contribution in [2.24, 2.45) is 11.8 Å². The smallest absolute Gasteiger partial charge is 0.252 e. The minimum absolute atomic E-state index is 0.0597. The van der Waals surface area contributed by atoms with Crippen LogP contribution in [0.1, 0.15) is 54.6 Å². The minimum Gasteiger partial charge on any atom is -0.341 e. The summed E-state index contributed by atoms with van der Waals surface area (Å²) >= 11 is 0. The van der Waals surface area contributed by atoms with Crippen molar-refractivity contribution in [3.05, 3.63) is 71.3 Å². The van der Waals surface area contributed by atoms with Gasteiger partial charge >= 0.3 is 0 Å². The van der Waals surface area contributed by atoms with Gasteiger partial charge < -0.3 is 10.2 Å². The summed E-state index contributed by atoms with van der Waals surface area (Å²) in [6.45, 7) is 7.57. The minimum atomic E-state index is -0.479. The van der Waals surface area contributed by atoms with Crippen molar-refractivity contribution in [3.63, 3.8) is 0 Å². The molecule has 1 heterocycles. The Labute approximate surface area is 180 Å². The van der Waals surface area contributed by atoms with E-state index in [0.29, 0.717) is 11.5 Å². The molecular formula is C26H34N2O2. The predicted octanol–water partition coefficient (Wildman–Crippen LogP) is 4.62. The molecule has 0 aliphatic carbocycles. The lowest BCUT2D eigenvalue weighted by Gasteiger charge is -2.36. The fourth-order valence-electron chi connectivity index (χ4n) is 4.23. The van der Waals surface area contributed by atoms with Gasteiger partial charge in [0.1, 0.15) is 6.04 Å². The van der Waals surface area contributed by atoms with Crippen molar-refractivity contribution < 1.29 is 9.59 Å². The van der Waals surface area contributed by atoms with Crippen LogP contribution in [0.5, 0.6) is 0 Å². The van der Waals surface area contributed by atoms with E-state index in [2.05, 4.69) is 36.5 Å². The highest BCUT2D eigenvalue weighted by Crippen LogP contribution is 2.23. The molecule has 3 rings (SSSR count). The molecule has 0 radical (unpaired) electrons. The number of likely N-dealkylation sites (tertiary alicyclic amines) is 1.